The lowest BCUT2D eigenvalue weighted by Gasteiger charge is -2.25. The molecule has 0 spiro atoms. The van der Waals surface area contributed by atoms with Crippen LogP contribution < -0.4 is 10.1 Å². The lowest BCUT2D eigenvalue weighted by molar-refractivity contribution is 0.180. The topological polar surface area (TPSA) is 21.3 Å². The number of halogens is 1. The molecule has 2 aliphatic carbocycles. The SMILES string of the molecule is Brc1ccc(OCC2CCC2)cc1CNC1CC1. The minimum absolute atomic E-state index is 0.747. The molecule has 2 fully saturated rings. The molecule has 0 aliphatic heterocycles. The third kappa shape index (κ3) is 3.27. The van der Waals surface area contributed by atoms with Crippen LogP contribution in [-0.4, -0.2) is 12.6 Å². The van der Waals surface area contributed by atoms with Crippen LogP contribution in [0.4, 0.5) is 0 Å². The first-order chi connectivity index (χ1) is 8.81. The Bertz CT molecular complexity index is 413. The van der Waals surface area contributed by atoms with Gasteiger partial charge in [0.2, 0.25) is 0 Å². The van der Waals surface area contributed by atoms with E-state index in [-0.39, 0.29) is 0 Å². The number of nitrogens with one attached hydrogen (secondary N) is 1. The quantitative estimate of drug-likeness (QED) is 0.861. The highest BCUT2D eigenvalue weighted by atomic mass is 79.9. The zero-order chi connectivity index (χ0) is 12.4. The standard InChI is InChI=1S/C15H20BrNO/c16-15-7-6-14(18-10-11-2-1-3-11)8-12(15)9-17-13-4-5-13/h6-8,11,13,17H,1-5,9-10H2. The van der Waals surface area contributed by atoms with Crippen molar-refractivity contribution in [2.24, 2.45) is 5.92 Å². The molecule has 0 amide bonds. The van der Waals surface area contributed by atoms with Gasteiger partial charge in [-0.15, -0.1) is 0 Å². The minimum Gasteiger partial charge on any atom is -0.493 e. The van der Waals surface area contributed by atoms with Crippen molar-refractivity contribution in [2.45, 2.75) is 44.7 Å². The van der Waals surface area contributed by atoms with Gasteiger partial charge in [0, 0.05) is 17.1 Å². The van der Waals surface area contributed by atoms with Gasteiger partial charge in [0.15, 0.2) is 0 Å². The summed E-state index contributed by atoms with van der Waals surface area (Å²) in [7, 11) is 0. The molecule has 2 nitrogen and oxygen atoms in total. The van der Waals surface area contributed by atoms with E-state index >= 15 is 0 Å². The summed E-state index contributed by atoms with van der Waals surface area (Å²) in [6, 6.07) is 7.07. The average molecular weight is 310 g/mol. The molecule has 0 heterocycles. The van der Waals surface area contributed by atoms with Gasteiger partial charge < -0.3 is 10.1 Å². The molecular weight excluding hydrogens is 290 g/mol. The van der Waals surface area contributed by atoms with E-state index in [0.717, 1.165) is 30.9 Å². The Hall–Kier alpha value is -0.540. The molecule has 18 heavy (non-hydrogen) atoms. The van der Waals surface area contributed by atoms with Gasteiger partial charge in [0.05, 0.1) is 6.61 Å². The summed E-state index contributed by atoms with van der Waals surface area (Å²) in [6.45, 7) is 1.82. The number of hydrogen-bond donors (Lipinski definition) is 1. The smallest absolute Gasteiger partial charge is 0.119 e. The maximum atomic E-state index is 5.88. The average Bonchev–Trinajstić information content (AvgIpc) is 3.11. The van der Waals surface area contributed by atoms with Crippen molar-refractivity contribution in [3.8, 4) is 5.75 Å². The second kappa shape index (κ2) is 5.62. The molecule has 0 aromatic heterocycles. The van der Waals surface area contributed by atoms with E-state index in [0.29, 0.717) is 0 Å². The molecule has 1 aromatic carbocycles. The van der Waals surface area contributed by atoms with Crippen molar-refractivity contribution < 1.29 is 4.74 Å². The summed E-state index contributed by atoms with van der Waals surface area (Å²) in [6.07, 6.45) is 6.72. The first-order valence-electron chi connectivity index (χ1n) is 6.96. The van der Waals surface area contributed by atoms with Crippen molar-refractivity contribution in [1.82, 2.24) is 5.32 Å². The summed E-state index contributed by atoms with van der Waals surface area (Å²) in [5, 5.41) is 3.54. The van der Waals surface area contributed by atoms with Gasteiger partial charge in [0.1, 0.15) is 5.75 Å². The predicted octanol–water partition coefficient (Wildman–Crippen LogP) is 3.88. The Morgan fingerprint density at radius 3 is 2.72 bits per heavy atom. The van der Waals surface area contributed by atoms with Gasteiger partial charge in [-0.25, -0.2) is 0 Å². The highest BCUT2D eigenvalue weighted by molar-refractivity contribution is 9.10. The van der Waals surface area contributed by atoms with E-state index in [1.165, 1.54) is 42.1 Å². The second-order valence-corrected chi connectivity index (χ2v) is 6.37. The largest absolute Gasteiger partial charge is 0.493 e. The third-order valence-electron chi connectivity index (χ3n) is 3.89. The molecule has 98 valence electrons. The highest BCUT2D eigenvalue weighted by Crippen LogP contribution is 2.29. The van der Waals surface area contributed by atoms with Gasteiger partial charge in [-0.1, -0.05) is 22.4 Å². The summed E-state index contributed by atoms with van der Waals surface area (Å²) < 4.78 is 7.05. The maximum Gasteiger partial charge on any atom is 0.119 e. The summed E-state index contributed by atoms with van der Waals surface area (Å²) in [5.41, 5.74) is 1.30. The number of rotatable bonds is 6. The normalized spacial score (nSPS) is 19.6. The second-order valence-electron chi connectivity index (χ2n) is 5.52. The van der Waals surface area contributed by atoms with Crippen molar-refractivity contribution in [3.63, 3.8) is 0 Å². The third-order valence-corrected chi connectivity index (χ3v) is 4.66. The molecule has 1 aromatic rings. The number of benzene rings is 1. The van der Waals surface area contributed by atoms with Crippen LogP contribution >= 0.6 is 15.9 Å². The lowest BCUT2D eigenvalue weighted by Crippen LogP contribution is -2.19. The highest BCUT2D eigenvalue weighted by Gasteiger charge is 2.21. The van der Waals surface area contributed by atoms with Crippen molar-refractivity contribution >= 4 is 15.9 Å². The molecule has 0 saturated heterocycles. The zero-order valence-corrected chi connectivity index (χ0v) is 12.2. The van der Waals surface area contributed by atoms with Crippen LogP contribution in [0.1, 0.15) is 37.7 Å². The van der Waals surface area contributed by atoms with Crippen molar-refractivity contribution in [2.75, 3.05) is 6.61 Å². The van der Waals surface area contributed by atoms with E-state index < -0.39 is 0 Å². The van der Waals surface area contributed by atoms with Crippen LogP contribution in [0.2, 0.25) is 0 Å². The van der Waals surface area contributed by atoms with Crippen LogP contribution in [0.3, 0.4) is 0 Å². The van der Waals surface area contributed by atoms with E-state index in [4.69, 9.17) is 4.74 Å². The molecule has 3 rings (SSSR count). The predicted molar refractivity (Wildman–Crippen MR) is 76.8 cm³/mol. The Kier molecular flexibility index (Phi) is 3.90. The van der Waals surface area contributed by atoms with E-state index in [1.807, 2.05) is 0 Å². The van der Waals surface area contributed by atoms with Gasteiger partial charge in [-0.3, -0.25) is 0 Å². The molecule has 2 saturated carbocycles. The summed E-state index contributed by atoms with van der Waals surface area (Å²) in [4.78, 5) is 0. The Labute approximate surface area is 117 Å². The summed E-state index contributed by atoms with van der Waals surface area (Å²) >= 11 is 3.61. The van der Waals surface area contributed by atoms with E-state index in [1.54, 1.807) is 0 Å². The first kappa shape index (κ1) is 12.5. The fraction of sp³-hybridized carbons (Fsp3) is 0.600. The summed E-state index contributed by atoms with van der Waals surface area (Å²) in [5.74, 6) is 1.80. The molecule has 0 bridgehead atoms. The monoisotopic (exact) mass is 309 g/mol. The minimum atomic E-state index is 0.747. The molecule has 0 radical (unpaired) electrons. The number of hydrogen-bond acceptors (Lipinski definition) is 2. The van der Waals surface area contributed by atoms with Crippen molar-refractivity contribution in [3.05, 3.63) is 28.2 Å². The Balaban J connectivity index is 1.56. The van der Waals surface area contributed by atoms with Crippen LogP contribution in [0, 0.1) is 5.92 Å². The van der Waals surface area contributed by atoms with Crippen LogP contribution in [0.5, 0.6) is 5.75 Å². The van der Waals surface area contributed by atoms with E-state index in [9.17, 15) is 0 Å². The Morgan fingerprint density at radius 2 is 2.06 bits per heavy atom. The van der Waals surface area contributed by atoms with Gasteiger partial charge >= 0.3 is 0 Å². The molecule has 0 unspecified atom stereocenters. The van der Waals surface area contributed by atoms with Crippen LogP contribution in [0.25, 0.3) is 0 Å². The molecular formula is C15H20BrNO. The molecule has 2 aliphatic rings. The fourth-order valence-corrected chi connectivity index (χ4v) is 2.58. The van der Waals surface area contributed by atoms with Crippen molar-refractivity contribution in [1.29, 1.82) is 0 Å². The van der Waals surface area contributed by atoms with E-state index in [2.05, 4.69) is 39.4 Å². The van der Waals surface area contributed by atoms with Crippen LogP contribution in [0.15, 0.2) is 22.7 Å². The van der Waals surface area contributed by atoms with Crippen LogP contribution in [-0.2, 0) is 6.54 Å². The molecule has 3 heteroatoms. The maximum absolute atomic E-state index is 5.88. The van der Waals surface area contributed by atoms with Gasteiger partial charge in [-0.05, 0) is 55.4 Å². The molecule has 1 N–H and O–H groups in total. The lowest BCUT2D eigenvalue weighted by atomic mass is 9.86. The fourth-order valence-electron chi connectivity index (χ4n) is 2.19. The zero-order valence-electron chi connectivity index (χ0n) is 10.6. The van der Waals surface area contributed by atoms with Gasteiger partial charge in [-0.2, -0.15) is 0 Å². The Morgan fingerprint density at radius 1 is 1.22 bits per heavy atom. The number of ether oxygens (including phenoxy) is 1. The van der Waals surface area contributed by atoms with Gasteiger partial charge in [0.25, 0.3) is 0 Å². The first-order valence-corrected chi connectivity index (χ1v) is 7.75. The molecule has 0 atom stereocenters.